The number of hydrogen-bond donors (Lipinski definition) is 1. The molecule has 0 amide bonds. The highest BCUT2D eigenvalue weighted by molar-refractivity contribution is 7.20. The summed E-state index contributed by atoms with van der Waals surface area (Å²) < 4.78 is 4.73. The van der Waals surface area contributed by atoms with Crippen LogP contribution in [0.15, 0.2) is 9.95 Å². The van der Waals surface area contributed by atoms with Crippen LogP contribution in [0.1, 0.15) is 46.9 Å². The fourth-order valence-electron chi connectivity index (χ4n) is 2.38. The Morgan fingerprint density at radius 3 is 2.95 bits per heavy atom. The van der Waals surface area contributed by atoms with Gasteiger partial charge >= 0.3 is 5.97 Å². The van der Waals surface area contributed by atoms with Crippen molar-refractivity contribution in [1.82, 2.24) is 9.97 Å². The molecule has 0 aromatic carbocycles. The maximum atomic E-state index is 12.3. The topological polar surface area (TPSA) is 93.6 Å². The third-order valence-corrected chi connectivity index (χ3v) is 4.80. The van der Waals surface area contributed by atoms with Gasteiger partial charge in [-0.25, -0.2) is 9.78 Å². The number of nitrogens with one attached hydrogen (secondary N) is 1. The zero-order valence-electron chi connectivity index (χ0n) is 12.4. The number of methoxy groups -OCH3 is 1. The van der Waals surface area contributed by atoms with Gasteiger partial charge in [0.2, 0.25) is 0 Å². The highest BCUT2D eigenvalue weighted by Crippen LogP contribution is 2.30. The van der Waals surface area contributed by atoms with E-state index in [1.165, 1.54) is 7.11 Å². The molecular formula is C14H15N3O4S. The summed E-state index contributed by atoms with van der Waals surface area (Å²) in [5.41, 5.74) is 1.24. The zero-order valence-corrected chi connectivity index (χ0v) is 13.2. The minimum Gasteiger partial charge on any atom is -0.465 e. The number of aryl methyl sites for hydroxylation is 1. The van der Waals surface area contributed by atoms with Crippen LogP contribution in [0.4, 0.5) is 0 Å². The number of nitrogens with zero attached hydrogens (tertiary/aromatic N) is 2. The van der Waals surface area contributed by atoms with Gasteiger partial charge in [-0.15, -0.1) is 11.3 Å². The highest BCUT2D eigenvalue weighted by Gasteiger charge is 2.26. The quantitative estimate of drug-likeness (QED) is 0.876. The molecule has 1 aliphatic heterocycles. The molecule has 1 aliphatic rings. The fourth-order valence-corrected chi connectivity index (χ4v) is 3.49. The third-order valence-electron chi connectivity index (χ3n) is 3.63. The lowest BCUT2D eigenvalue weighted by Gasteiger charge is -2.06. The monoisotopic (exact) mass is 321 g/mol. The molecule has 3 heterocycles. The van der Waals surface area contributed by atoms with Crippen molar-refractivity contribution >= 4 is 33.2 Å². The van der Waals surface area contributed by atoms with Crippen LogP contribution in [0.3, 0.4) is 0 Å². The van der Waals surface area contributed by atoms with Crippen molar-refractivity contribution in [1.29, 1.82) is 0 Å². The summed E-state index contributed by atoms with van der Waals surface area (Å²) in [6.45, 7) is 3.71. The summed E-state index contributed by atoms with van der Waals surface area (Å²) in [5, 5.41) is 4.39. The van der Waals surface area contributed by atoms with Crippen molar-refractivity contribution in [3.05, 3.63) is 26.6 Å². The van der Waals surface area contributed by atoms with Crippen molar-refractivity contribution in [2.75, 3.05) is 7.11 Å². The largest absolute Gasteiger partial charge is 0.465 e. The Labute approximate surface area is 130 Å². The highest BCUT2D eigenvalue weighted by atomic mass is 32.1. The average molecular weight is 321 g/mol. The molecule has 0 fully saturated rings. The fraction of sp³-hybridized carbons (Fsp3) is 0.429. The first-order valence-corrected chi connectivity index (χ1v) is 7.70. The van der Waals surface area contributed by atoms with E-state index >= 15 is 0 Å². The van der Waals surface area contributed by atoms with Gasteiger partial charge < -0.3 is 14.6 Å². The molecule has 116 valence electrons. The Morgan fingerprint density at radius 2 is 2.32 bits per heavy atom. The van der Waals surface area contributed by atoms with Gasteiger partial charge in [0.15, 0.2) is 11.9 Å². The Balaban J connectivity index is 2.06. The summed E-state index contributed by atoms with van der Waals surface area (Å²) in [7, 11) is 1.31. The Kier molecular flexibility index (Phi) is 3.69. The van der Waals surface area contributed by atoms with E-state index in [1.807, 2.05) is 6.92 Å². The number of aromatic nitrogens is 2. The number of H-pyrrole nitrogens is 1. The number of ether oxygens (including phenoxy) is 1. The van der Waals surface area contributed by atoms with E-state index < -0.39 is 5.97 Å². The van der Waals surface area contributed by atoms with Crippen LogP contribution in [-0.4, -0.2) is 28.8 Å². The zero-order chi connectivity index (χ0) is 15.9. The van der Waals surface area contributed by atoms with Crippen molar-refractivity contribution in [2.45, 2.75) is 32.8 Å². The molecule has 0 bridgehead atoms. The number of oxime groups is 1. The minimum absolute atomic E-state index is 0.280. The van der Waals surface area contributed by atoms with E-state index in [0.717, 1.165) is 23.5 Å². The minimum atomic E-state index is -0.463. The average Bonchev–Trinajstić information content (AvgIpc) is 3.11. The number of rotatable bonds is 3. The van der Waals surface area contributed by atoms with Crippen molar-refractivity contribution in [2.24, 2.45) is 5.16 Å². The molecule has 1 atom stereocenters. The molecule has 0 saturated heterocycles. The normalized spacial score (nSPS) is 17.4. The van der Waals surface area contributed by atoms with Gasteiger partial charge in [-0.2, -0.15) is 0 Å². The molecule has 1 unspecified atom stereocenters. The van der Waals surface area contributed by atoms with Gasteiger partial charge in [-0.3, -0.25) is 4.79 Å². The first-order valence-electron chi connectivity index (χ1n) is 6.88. The Hall–Kier alpha value is -2.22. The molecule has 0 aliphatic carbocycles. The molecular weight excluding hydrogens is 306 g/mol. The van der Waals surface area contributed by atoms with Gasteiger partial charge in [-0.1, -0.05) is 12.1 Å². The molecule has 22 heavy (non-hydrogen) atoms. The Bertz CT molecular complexity index is 836. The summed E-state index contributed by atoms with van der Waals surface area (Å²) in [6.07, 6.45) is 1.03. The number of hydrogen-bond acceptors (Lipinski definition) is 7. The van der Waals surface area contributed by atoms with Crippen LogP contribution in [0.2, 0.25) is 0 Å². The van der Waals surface area contributed by atoms with Crippen LogP contribution in [0.5, 0.6) is 0 Å². The summed E-state index contributed by atoms with van der Waals surface area (Å²) >= 11 is 1.15. The van der Waals surface area contributed by atoms with Gasteiger partial charge in [0.25, 0.3) is 5.56 Å². The van der Waals surface area contributed by atoms with E-state index in [-0.39, 0.29) is 11.7 Å². The number of aromatic amines is 1. The summed E-state index contributed by atoms with van der Waals surface area (Å²) in [4.78, 5) is 37.5. The SMILES string of the molecule is CCC1=NOC(c2nc3sc(C(=O)OC)c(C)c3c(=O)[nH]2)C1. The predicted octanol–water partition coefficient (Wildman–Crippen LogP) is 2.31. The molecule has 0 spiro atoms. The van der Waals surface area contributed by atoms with Crippen LogP contribution in [-0.2, 0) is 9.57 Å². The molecule has 3 rings (SSSR count). The van der Waals surface area contributed by atoms with Crippen molar-refractivity contribution in [3.63, 3.8) is 0 Å². The van der Waals surface area contributed by atoms with E-state index in [9.17, 15) is 9.59 Å². The lowest BCUT2D eigenvalue weighted by Crippen LogP contribution is -2.15. The van der Waals surface area contributed by atoms with E-state index in [2.05, 4.69) is 15.1 Å². The van der Waals surface area contributed by atoms with Crippen molar-refractivity contribution in [3.8, 4) is 0 Å². The van der Waals surface area contributed by atoms with Gasteiger partial charge in [0, 0.05) is 6.42 Å². The standard InChI is InChI=1S/C14H15N3O4S/c1-4-7-5-8(21-17-7)11-15-12(18)9-6(2)10(14(19)20-3)22-13(9)16-11/h8H,4-5H2,1-3H3,(H,15,16,18). The number of fused-ring (bicyclic) bond motifs is 1. The van der Waals surface area contributed by atoms with Crippen LogP contribution in [0, 0.1) is 6.92 Å². The second kappa shape index (κ2) is 5.53. The maximum absolute atomic E-state index is 12.3. The summed E-state index contributed by atoms with van der Waals surface area (Å²) in [6, 6.07) is 0. The lowest BCUT2D eigenvalue weighted by molar-refractivity contribution is 0.0605. The van der Waals surface area contributed by atoms with Gasteiger partial charge in [0.1, 0.15) is 9.71 Å². The number of thiophene rings is 1. The first-order chi connectivity index (χ1) is 10.5. The summed E-state index contributed by atoms with van der Waals surface area (Å²) in [5.74, 6) is -0.0301. The smallest absolute Gasteiger partial charge is 0.348 e. The maximum Gasteiger partial charge on any atom is 0.348 e. The first kappa shape index (κ1) is 14.7. The Morgan fingerprint density at radius 1 is 1.55 bits per heavy atom. The molecule has 1 N–H and O–H groups in total. The second-order valence-corrected chi connectivity index (χ2v) is 5.99. The molecule has 0 radical (unpaired) electrons. The number of carbonyl (C=O) groups excluding carboxylic acids is 1. The third kappa shape index (κ3) is 2.29. The molecule has 2 aromatic rings. The van der Waals surface area contributed by atoms with E-state index in [1.54, 1.807) is 6.92 Å². The molecule has 7 nitrogen and oxygen atoms in total. The predicted molar refractivity (Wildman–Crippen MR) is 82.5 cm³/mol. The molecule has 0 saturated carbocycles. The van der Waals surface area contributed by atoms with Gasteiger partial charge in [0.05, 0.1) is 18.2 Å². The van der Waals surface area contributed by atoms with Crippen LogP contribution >= 0.6 is 11.3 Å². The second-order valence-electron chi connectivity index (χ2n) is 4.99. The number of carbonyl (C=O) groups is 1. The van der Waals surface area contributed by atoms with Crippen molar-refractivity contribution < 1.29 is 14.4 Å². The number of esters is 1. The van der Waals surface area contributed by atoms with E-state index in [0.29, 0.717) is 32.9 Å². The molecule has 2 aromatic heterocycles. The van der Waals surface area contributed by atoms with E-state index in [4.69, 9.17) is 9.57 Å². The van der Waals surface area contributed by atoms with Crippen LogP contribution in [0.25, 0.3) is 10.2 Å². The molecule has 8 heteroatoms. The lowest BCUT2D eigenvalue weighted by atomic mass is 10.1. The van der Waals surface area contributed by atoms with Gasteiger partial charge in [-0.05, 0) is 18.9 Å². The van der Waals surface area contributed by atoms with Crippen LogP contribution < -0.4 is 5.56 Å².